The van der Waals surface area contributed by atoms with E-state index in [-0.39, 0.29) is 18.2 Å². The van der Waals surface area contributed by atoms with Crippen LogP contribution < -0.4 is 0 Å². The van der Waals surface area contributed by atoms with Crippen LogP contribution >= 0.6 is 0 Å². The van der Waals surface area contributed by atoms with Crippen molar-refractivity contribution in [1.82, 2.24) is 0 Å². The minimum Gasteiger partial charge on any atom is -0.462 e. The van der Waals surface area contributed by atoms with Gasteiger partial charge >= 0.3 is 14.5 Å². The first kappa shape index (κ1) is 21.3. The van der Waals surface area contributed by atoms with Crippen molar-refractivity contribution in [2.24, 2.45) is 0 Å². The fourth-order valence-electron chi connectivity index (χ4n) is 2.32. The van der Waals surface area contributed by atoms with Gasteiger partial charge in [-0.05, 0) is 53.1 Å². The molecule has 0 N–H and O–H groups in total. The SMILES string of the molecule is C=C(C)C(=O)OCCC[Si](CCCC)(OC(C)C)OC(C)C. The lowest BCUT2D eigenvalue weighted by atomic mass is 10.4. The van der Waals surface area contributed by atoms with Crippen LogP contribution in [0, 0.1) is 0 Å². The molecule has 22 heavy (non-hydrogen) atoms. The second-order valence-corrected chi connectivity index (χ2v) is 9.66. The summed E-state index contributed by atoms with van der Waals surface area (Å²) in [6, 6.07) is 1.85. The first-order valence-corrected chi connectivity index (χ1v) is 10.6. The zero-order chi connectivity index (χ0) is 17.2. The normalized spacial score (nSPS) is 12.0. The van der Waals surface area contributed by atoms with E-state index in [2.05, 4.69) is 41.2 Å². The van der Waals surface area contributed by atoms with Gasteiger partial charge in [0.15, 0.2) is 0 Å². The maximum atomic E-state index is 11.4. The molecule has 0 saturated carbocycles. The Morgan fingerprint density at radius 1 is 1.05 bits per heavy atom. The van der Waals surface area contributed by atoms with E-state index in [9.17, 15) is 4.79 Å². The molecular weight excluding hydrogens is 296 g/mol. The number of ether oxygens (including phenoxy) is 1. The van der Waals surface area contributed by atoms with Crippen LogP contribution in [0.1, 0.15) is 60.8 Å². The zero-order valence-corrected chi connectivity index (χ0v) is 16.2. The standard InChI is InChI=1S/C17H34O4Si/c1-8-9-12-22(20-15(4)5,21-16(6)7)13-10-11-19-17(18)14(2)3/h15-16H,2,8-13H2,1,3-7H3. The zero-order valence-electron chi connectivity index (χ0n) is 15.2. The number of unbranched alkanes of at least 4 members (excludes halogenated alkanes) is 1. The van der Waals surface area contributed by atoms with Gasteiger partial charge in [-0.25, -0.2) is 4.79 Å². The summed E-state index contributed by atoms with van der Waals surface area (Å²) >= 11 is 0. The molecule has 0 bridgehead atoms. The molecule has 0 unspecified atom stereocenters. The summed E-state index contributed by atoms with van der Waals surface area (Å²) in [4.78, 5) is 11.4. The Hall–Kier alpha value is -0.653. The smallest absolute Gasteiger partial charge is 0.338 e. The Kier molecular flexibility index (Phi) is 10.6. The third-order valence-corrected chi connectivity index (χ3v) is 7.13. The van der Waals surface area contributed by atoms with Gasteiger partial charge in [0.1, 0.15) is 0 Å². The molecule has 0 aliphatic rings. The van der Waals surface area contributed by atoms with Crippen molar-refractivity contribution in [3.8, 4) is 0 Å². The fourth-order valence-corrected chi connectivity index (χ4v) is 6.39. The van der Waals surface area contributed by atoms with E-state index in [0.29, 0.717) is 12.2 Å². The highest BCUT2D eigenvalue weighted by Crippen LogP contribution is 2.27. The van der Waals surface area contributed by atoms with Gasteiger partial charge in [-0.2, -0.15) is 0 Å². The number of hydrogen-bond acceptors (Lipinski definition) is 4. The Balaban J connectivity index is 4.65. The van der Waals surface area contributed by atoms with Gasteiger partial charge in [-0.15, -0.1) is 0 Å². The van der Waals surface area contributed by atoms with Crippen molar-refractivity contribution < 1.29 is 18.4 Å². The van der Waals surface area contributed by atoms with Crippen LogP contribution in [0.15, 0.2) is 12.2 Å². The predicted molar refractivity (Wildman–Crippen MR) is 93.1 cm³/mol. The topological polar surface area (TPSA) is 44.8 Å². The van der Waals surface area contributed by atoms with Crippen molar-refractivity contribution in [1.29, 1.82) is 0 Å². The van der Waals surface area contributed by atoms with E-state index in [1.165, 1.54) is 0 Å². The minimum absolute atomic E-state index is 0.153. The van der Waals surface area contributed by atoms with E-state index in [1.54, 1.807) is 6.92 Å². The van der Waals surface area contributed by atoms with Crippen LogP contribution in [0.3, 0.4) is 0 Å². The van der Waals surface area contributed by atoms with Crippen molar-refractivity contribution in [2.45, 2.75) is 85.1 Å². The lowest BCUT2D eigenvalue weighted by molar-refractivity contribution is -0.139. The third-order valence-electron chi connectivity index (χ3n) is 3.10. The number of esters is 1. The number of hydrogen-bond donors (Lipinski definition) is 0. The first-order valence-electron chi connectivity index (χ1n) is 8.40. The van der Waals surface area contributed by atoms with Gasteiger partial charge in [0.05, 0.1) is 6.61 Å². The Morgan fingerprint density at radius 2 is 1.55 bits per heavy atom. The molecule has 0 amide bonds. The van der Waals surface area contributed by atoms with E-state index in [0.717, 1.165) is 31.4 Å². The average Bonchev–Trinajstić information content (AvgIpc) is 2.39. The number of carbonyl (C=O) groups excluding carboxylic acids is 1. The molecule has 0 radical (unpaired) electrons. The number of carbonyl (C=O) groups is 1. The molecule has 0 aromatic rings. The van der Waals surface area contributed by atoms with Gasteiger partial charge in [-0.3, -0.25) is 0 Å². The maximum absolute atomic E-state index is 11.4. The average molecular weight is 331 g/mol. The molecule has 0 rings (SSSR count). The quantitative estimate of drug-likeness (QED) is 0.227. The lowest BCUT2D eigenvalue weighted by Gasteiger charge is -2.34. The molecule has 0 saturated heterocycles. The highest BCUT2D eigenvalue weighted by atomic mass is 28.4. The molecule has 5 heteroatoms. The van der Waals surface area contributed by atoms with Crippen LogP contribution in [0.4, 0.5) is 0 Å². The van der Waals surface area contributed by atoms with Crippen molar-refractivity contribution in [3.63, 3.8) is 0 Å². The van der Waals surface area contributed by atoms with Crippen LogP contribution in [0.5, 0.6) is 0 Å². The van der Waals surface area contributed by atoms with Crippen molar-refractivity contribution in [3.05, 3.63) is 12.2 Å². The molecule has 130 valence electrons. The van der Waals surface area contributed by atoms with Gasteiger partial charge in [0.2, 0.25) is 0 Å². The Bertz CT molecular complexity index is 330. The molecule has 0 heterocycles. The summed E-state index contributed by atoms with van der Waals surface area (Å²) < 4.78 is 17.7. The van der Waals surface area contributed by atoms with Gasteiger partial charge in [0.25, 0.3) is 0 Å². The monoisotopic (exact) mass is 330 g/mol. The summed E-state index contributed by atoms with van der Waals surface area (Å²) in [6.45, 7) is 16.0. The lowest BCUT2D eigenvalue weighted by Crippen LogP contribution is -2.46. The summed E-state index contributed by atoms with van der Waals surface area (Å²) in [5, 5.41) is 0. The summed E-state index contributed by atoms with van der Waals surface area (Å²) in [5.74, 6) is -0.324. The highest BCUT2D eigenvalue weighted by Gasteiger charge is 2.38. The third kappa shape index (κ3) is 9.38. The second kappa shape index (κ2) is 11.0. The van der Waals surface area contributed by atoms with Crippen molar-refractivity contribution in [2.75, 3.05) is 6.61 Å². The molecule has 0 aromatic heterocycles. The minimum atomic E-state index is -2.26. The number of rotatable bonds is 12. The Morgan fingerprint density at radius 3 is 1.95 bits per heavy atom. The van der Waals surface area contributed by atoms with Crippen LogP contribution in [0.25, 0.3) is 0 Å². The van der Waals surface area contributed by atoms with E-state index >= 15 is 0 Å². The van der Waals surface area contributed by atoms with Gasteiger partial charge < -0.3 is 13.6 Å². The molecule has 0 fully saturated rings. The molecule has 0 atom stereocenters. The fraction of sp³-hybridized carbons (Fsp3) is 0.824. The first-order chi connectivity index (χ1) is 10.2. The highest BCUT2D eigenvalue weighted by molar-refractivity contribution is 6.67. The van der Waals surface area contributed by atoms with E-state index < -0.39 is 8.56 Å². The molecule has 0 aliphatic heterocycles. The van der Waals surface area contributed by atoms with Crippen molar-refractivity contribution >= 4 is 14.5 Å². The largest absolute Gasteiger partial charge is 0.462 e. The van der Waals surface area contributed by atoms with E-state index in [4.69, 9.17) is 13.6 Å². The van der Waals surface area contributed by atoms with Crippen LogP contribution in [-0.2, 0) is 18.4 Å². The molecular formula is C17H34O4Si. The summed E-state index contributed by atoms with van der Waals surface area (Å²) in [5.41, 5.74) is 0.436. The predicted octanol–water partition coefficient (Wildman–Crippen LogP) is 4.59. The molecule has 0 aromatic carbocycles. The molecule has 4 nitrogen and oxygen atoms in total. The van der Waals surface area contributed by atoms with Gasteiger partial charge in [-0.1, -0.05) is 26.3 Å². The molecule has 0 aliphatic carbocycles. The Labute approximate surface area is 137 Å². The maximum Gasteiger partial charge on any atom is 0.338 e. The van der Waals surface area contributed by atoms with Crippen LogP contribution in [0.2, 0.25) is 12.1 Å². The summed E-state index contributed by atoms with van der Waals surface area (Å²) in [7, 11) is -2.26. The summed E-state index contributed by atoms with van der Waals surface area (Å²) in [6.07, 6.45) is 3.31. The van der Waals surface area contributed by atoms with Gasteiger partial charge in [0, 0.05) is 17.8 Å². The molecule has 0 spiro atoms. The van der Waals surface area contributed by atoms with Crippen LogP contribution in [-0.4, -0.2) is 33.3 Å². The second-order valence-electron chi connectivity index (χ2n) is 6.37. The van der Waals surface area contributed by atoms with E-state index in [1.807, 2.05) is 0 Å².